The van der Waals surface area contributed by atoms with Crippen LogP contribution in [0.25, 0.3) is 0 Å². The molecule has 1 fully saturated rings. The van der Waals surface area contributed by atoms with Gasteiger partial charge in [0.05, 0.1) is 0 Å². The van der Waals surface area contributed by atoms with E-state index in [1.54, 1.807) is 11.8 Å². The van der Waals surface area contributed by atoms with Crippen molar-refractivity contribution in [2.75, 3.05) is 32.1 Å². The van der Waals surface area contributed by atoms with Gasteiger partial charge in [0.15, 0.2) is 0 Å². The Morgan fingerprint density at radius 1 is 1.32 bits per heavy atom. The summed E-state index contributed by atoms with van der Waals surface area (Å²) in [5, 5.41) is 0. The number of rotatable bonds is 6. The van der Waals surface area contributed by atoms with Crippen LogP contribution in [0.4, 0.5) is 0 Å². The second kappa shape index (κ2) is 8.59. The molecule has 0 saturated carbocycles. The maximum absolute atomic E-state index is 12.4. The molecule has 1 amide bonds. The molecule has 1 heterocycles. The fourth-order valence-corrected chi connectivity index (χ4v) is 3.80. The van der Waals surface area contributed by atoms with Gasteiger partial charge in [0.25, 0.3) is 0 Å². The van der Waals surface area contributed by atoms with Gasteiger partial charge in [-0.05, 0) is 24.7 Å². The van der Waals surface area contributed by atoms with E-state index in [2.05, 4.69) is 41.5 Å². The van der Waals surface area contributed by atoms with Crippen LogP contribution in [0.3, 0.4) is 0 Å². The zero-order chi connectivity index (χ0) is 15.9. The molecular formula is C18H28N2OS. The van der Waals surface area contributed by atoms with Crippen molar-refractivity contribution in [1.82, 2.24) is 9.80 Å². The molecule has 1 atom stereocenters. The molecular weight excluding hydrogens is 292 g/mol. The maximum atomic E-state index is 12.4. The summed E-state index contributed by atoms with van der Waals surface area (Å²) in [6.45, 7) is 5.22. The number of nitrogens with zero attached hydrogens (tertiary/aromatic N) is 2. The predicted molar refractivity (Wildman–Crippen MR) is 95.1 cm³/mol. The van der Waals surface area contributed by atoms with E-state index in [0.29, 0.717) is 11.9 Å². The van der Waals surface area contributed by atoms with E-state index < -0.39 is 0 Å². The maximum Gasteiger partial charge on any atom is 0.226 e. The van der Waals surface area contributed by atoms with Crippen LogP contribution in [0.5, 0.6) is 0 Å². The average molecular weight is 321 g/mol. The lowest BCUT2D eigenvalue weighted by Gasteiger charge is -2.37. The molecule has 0 N–H and O–H groups in total. The number of hydrogen-bond donors (Lipinski definition) is 0. The van der Waals surface area contributed by atoms with Gasteiger partial charge in [-0.1, -0.05) is 37.3 Å². The van der Waals surface area contributed by atoms with Crippen molar-refractivity contribution in [1.29, 1.82) is 0 Å². The second-order valence-corrected chi connectivity index (χ2v) is 7.21. The fraction of sp³-hybridized carbons (Fsp3) is 0.611. The third-order valence-corrected chi connectivity index (χ3v) is 5.37. The highest BCUT2D eigenvalue weighted by Gasteiger charge is 2.27. The van der Waals surface area contributed by atoms with E-state index in [4.69, 9.17) is 0 Å². The van der Waals surface area contributed by atoms with E-state index in [1.165, 1.54) is 5.56 Å². The molecule has 4 heteroatoms. The Labute approximate surface area is 139 Å². The summed E-state index contributed by atoms with van der Waals surface area (Å²) in [5.74, 6) is 1.34. The normalized spacial score (nSPS) is 18.1. The number of benzene rings is 1. The zero-order valence-corrected chi connectivity index (χ0v) is 14.8. The quantitative estimate of drug-likeness (QED) is 0.805. The van der Waals surface area contributed by atoms with E-state index >= 15 is 0 Å². The fourth-order valence-electron chi connectivity index (χ4n) is 3.16. The van der Waals surface area contributed by atoms with Gasteiger partial charge < -0.3 is 4.90 Å². The lowest BCUT2D eigenvalue weighted by molar-refractivity contribution is -0.136. The number of carbonyl (C=O) groups is 1. The van der Waals surface area contributed by atoms with E-state index in [0.717, 1.165) is 38.2 Å². The predicted octanol–water partition coefficient (Wildman–Crippen LogP) is 3.11. The SMILES string of the molecule is CSCC(C)C(=O)N(C)C1CCN(Cc2ccccc2)CC1. The molecule has 0 aliphatic carbocycles. The molecule has 2 rings (SSSR count). The summed E-state index contributed by atoms with van der Waals surface area (Å²) in [5.41, 5.74) is 1.37. The largest absolute Gasteiger partial charge is 0.342 e. The molecule has 122 valence electrons. The summed E-state index contributed by atoms with van der Waals surface area (Å²) in [6, 6.07) is 11.0. The van der Waals surface area contributed by atoms with Crippen LogP contribution in [0.2, 0.25) is 0 Å². The summed E-state index contributed by atoms with van der Waals surface area (Å²) >= 11 is 1.75. The van der Waals surface area contributed by atoms with Gasteiger partial charge in [-0.2, -0.15) is 11.8 Å². The van der Waals surface area contributed by atoms with Crippen LogP contribution in [0.15, 0.2) is 30.3 Å². The molecule has 0 aromatic heterocycles. The molecule has 1 saturated heterocycles. The Balaban J connectivity index is 1.80. The van der Waals surface area contributed by atoms with Crippen molar-refractivity contribution in [3.63, 3.8) is 0 Å². The Morgan fingerprint density at radius 3 is 2.55 bits per heavy atom. The minimum atomic E-state index is 0.127. The molecule has 3 nitrogen and oxygen atoms in total. The minimum Gasteiger partial charge on any atom is -0.342 e. The Hall–Kier alpha value is -1.00. The zero-order valence-electron chi connectivity index (χ0n) is 14.0. The Bertz CT molecular complexity index is 457. The first-order valence-electron chi connectivity index (χ1n) is 8.13. The second-order valence-electron chi connectivity index (χ2n) is 6.30. The number of amides is 1. The van der Waals surface area contributed by atoms with Crippen molar-refractivity contribution < 1.29 is 4.79 Å². The Kier molecular flexibility index (Phi) is 6.77. The Morgan fingerprint density at radius 2 is 1.95 bits per heavy atom. The first kappa shape index (κ1) is 17.4. The van der Waals surface area contributed by atoms with Crippen molar-refractivity contribution in [2.45, 2.75) is 32.4 Å². The first-order valence-corrected chi connectivity index (χ1v) is 9.53. The highest BCUT2D eigenvalue weighted by molar-refractivity contribution is 7.98. The third-order valence-electron chi connectivity index (χ3n) is 4.54. The van der Waals surface area contributed by atoms with Crippen molar-refractivity contribution in [3.05, 3.63) is 35.9 Å². The summed E-state index contributed by atoms with van der Waals surface area (Å²) < 4.78 is 0. The molecule has 1 aliphatic heterocycles. The first-order chi connectivity index (χ1) is 10.6. The molecule has 1 aromatic rings. The molecule has 1 aliphatic rings. The number of carbonyl (C=O) groups excluding carboxylic acids is 1. The highest BCUT2D eigenvalue weighted by atomic mass is 32.2. The third kappa shape index (κ3) is 4.75. The van der Waals surface area contributed by atoms with Crippen LogP contribution in [0, 0.1) is 5.92 Å². The van der Waals surface area contributed by atoms with Gasteiger partial charge in [0, 0.05) is 44.4 Å². The molecule has 1 unspecified atom stereocenters. The van der Waals surface area contributed by atoms with Crippen LogP contribution >= 0.6 is 11.8 Å². The number of thioether (sulfide) groups is 1. The minimum absolute atomic E-state index is 0.127. The summed E-state index contributed by atoms with van der Waals surface area (Å²) in [6.07, 6.45) is 4.23. The van der Waals surface area contributed by atoms with Crippen molar-refractivity contribution in [3.8, 4) is 0 Å². The summed E-state index contributed by atoms with van der Waals surface area (Å²) in [4.78, 5) is 16.9. The standard InChI is InChI=1S/C18H28N2OS/c1-15(14-22-3)18(21)19(2)17-9-11-20(12-10-17)13-16-7-5-4-6-8-16/h4-8,15,17H,9-14H2,1-3H3. The van der Waals surface area contributed by atoms with Crippen molar-refractivity contribution in [2.24, 2.45) is 5.92 Å². The van der Waals surface area contributed by atoms with Crippen molar-refractivity contribution >= 4 is 17.7 Å². The number of likely N-dealkylation sites (tertiary alicyclic amines) is 1. The van der Waals surface area contributed by atoms with Gasteiger partial charge in [0.1, 0.15) is 0 Å². The monoisotopic (exact) mass is 320 g/mol. The topological polar surface area (TPSA) is 23.6 Å². The lowest BCUT2D eigenvalue weighted by Crippen LogP contribution is -2.47. The number of piperidine rings is 1. The van der Waals surface area contributed by atoms with Crippen LogP contribution < -0.4 is 0 Å². The van der Waals surface area contributed by atoms with E-state index in [9.17, 15) is 4.79 Å². The summed E-state index contributed by atoms with van der Waals surface area (Å²) in [7, 11) is 1.98. The van der Waals surface area contributed by atoms with E-state index in [1.807, 2.05) is 18.9 Å². The van der Waals surface area contributed by atoms with Gasteiger partial charge in [-0.3, -0.25) is 9.69 Å². The van der Waals surface area contributed by atoms with Crippen LogP contribution in [-0.4, -0.2) is 53.9 Å². The molecule has 0 radical (unpaired) electrons. The van der Waals surface area contributed by atoms with Gasteiger partial charge >= 0.3 is 0 Å². The average Bonchev–Trinajstić information content (AvgIpc) is 2.55. The van der Waals surface area contributed by atoms with Gasteiger partial charge in [0.2, 0.25) is 5.91 Å². The van der Waals surface area contributed by atoms with Crippen LogP contribution in [0.1, 0.15) is 25.3 Å². The van der Waals surface area contributed by atoms with Gasteiger partial charge in [-0.15, -0.1) is 0 Å². The van der Waals surface area contributed by atoms with E-state index in [-0.39, 0.29) is 5.92 Å². The van der Waals surface area contributed by atoms with Crippen LogP contribution in [-0.2, 0) is 11.3 Å². The highest BCUT2D eigenvalue weighted by Crippen LogP contribution is 2.19. The van der Waals surface area contributed by atoms with Gasteiger partial charge in [-0.25, -0.2) is 0 Å². The molecule has 0 spiro atoms. The lowest BCUT2D eigenvalue weighted by atomic mass is 10.0. The smallest absolute Gasteiger partial charge is 0.226 e. The molecule has 0 bridgehead atoms. The molecule has 22 heavy (non-hydrogen) atoms. The molecule has 1 aromatic carbocycles. The number of hydrogen-bond acceptors (Lipinski definition) is 3.